The summed E-state index contributed by atoms with van der Waals surface area (Å²) in [5.74, 6) is 1.24. The average Bonchev–Trinajstić information content (AvgIpc) is 3.11. The van der Waals surface area contributed by atoms with Crippen LogP contribution < -0.4 is 5.73 Å². The van der Waals surface area contributed by atoms with Gasteiger partial charge in [-0.3, -0.25) is 0 Å². The summed E-state index contributed by atoms with van der Waals surface area (Å²) in [5, 5.41) is 10.2. The molecule has 0 aliphatic heterocycles. The highest BCUT2D eigenvalue weighted by atomic mass is 16.3. The molecular formula is C14H21NO. The monoisotopic (exact) mass is 219 g/mol. The molecule has 1 fully saturated rings. The van der Waals surface area contributed by atoms with Crippen molar-refractivity contribution in [1.82, 2.24) is 0 Å². The fraction of sp³-hybridized carbons (Fsp3) is 0.571. The Bertz CT molecular complexity index is 321. The number of hydrogen-bond donors (Lipinski definition) is 2. The molecule has 4 atom stereocenters. The molecule has 1 aromatic rings. The van der Waals surface area contributed by atoms with E-state index in [1.54, 1.807) is 0 Å². The lowest BCUT2D eigenvalue weighted by Gasteiger charge is -2.20. The normalized spacial score (nSPS) is 27.4. The lowest BCUT2D eigenvalue weighted by atomic mass is 9.94. The zero-order valence-electron chi connectivity index (χ0n) is 9.84. The molecule has 0 amide bonds. The SMILES string of the molecule is CCC(CN)C(O)C1CC1c1ccccc1. The van der Waals surface area contributed by atoms with Crippen molar-refractivity contribution >= 4 is 0 Å². The van der Waals surface area contributed by atoms with Gasteiger partial charge in [0.15, 0.2) is 0 Å². The molecule has 0 aromatic heterocycles. The summed E-state index contributed by atoms with van der Waals surface area (Å²) in [4.78, 5) is 0. The van der Waals surface area contributed by atoms with E-state index in [4.69, 9.17) is 5.73 Å². The molecule has 0 heterocycles. The maximum absolute atomic E-state index is 10.2. The molecule has 1 aliphatic carbocycles. The molecule has 1 saturated carbocycles. The topological polar surface area (TPSA) is 46.2 Å². The minimum atomic E-state index is -0.222. The van der Waals surface area contributed by atoms with E-state index in [-0.39, 0.29) is 12.0 Å². The Morgan fingerprint density at radius 2 is 2.06 bits per heavy atom. The summed E-state index contributed by atoms with van der Waals surface area (Å²) in [5.41, 5.74) is 7.03. The van der Waals surface area contributed by atoms with E-state index >= 15 is 0 Å². The summed E-state index contributed by atoms with van der Waals surface area (Å²) in [6, 6.07) is 10.5. The van der Waals surface area contributed by atoms with E-state index in [9.17, 15) is 5.11 Å². The molecular weight excluding hydrogens is 198 g/mol. The smallest absolute Gasteiger partial charge is 0.0614 e. The van der Waals surface area contributed by atoms with Gasteiger partial charge in [0.2, 0.25) is 0 Å². The molecule has 4 unspecified atom stereocenters. The second-order valence-corrected chi connectivity index (χ2v) is 4.81. The Balaban J connectivity index is 1.96. The summed E-state index contributed by atoms with van der Waals surface area (Å²) in [6.45, 7) is 2.69. The number of rotatable bonds is 5. The van der Waals surface area contributed by atoms with Crippen LogP contribution in [0, 0.1) is 11.8 Å². The first-order chi connectivity index (χ1) is 7.77. The number of benzene rings is 1. The van der Waals surface area contributed by atoms with Crippen LogP contribution in [0.2, 0.25) is 0 Å². The third kappa shape index (κ3) is 2.28. The van der Waals surface area contributed by atoms with Crippen molar-refractivity contribution in [2.45, 2.75) is 31.8 Å². The number of hydrogen-bond acceptors (Lipinski definition) is 2. The maximum Gasteiger partial charge on any atom is 0.0614 e. The lowest BCUT2D eigenvalue weighted by Crippen LogP contribution is -2.29. The van der Waals surface area contributed by atoms with Crippen molar-refractivity contribution in [3.8, 4) is 0 Å². The Hall–Kier alpha value is -0.860. The van der Waals surface area contributed by atoms with Crippen molar-refractivity contribution in [1.29, 1.82) is 0 Å². The first-order valence-corrected chi connectivity index (χ1v) is 6.21. The summed E-state index contributed by atoms with van der Waals surface area (Å²) >= 11 is 0. The second-order valence-electron chi connectivity index (χ2n) is 4.81. The van der Waals surface area contributed by atoms with Gasteiger partial charge in [0.05, 0.1) is 6.10 Å². The first kappa shape index (κ1) is 11.6. The van der Waals surface area contributed by atoms with Gasteiger partial charge >= 0.3 is 0 Å². The van der Waals surface area contributed by atoms with Gasteiger partial charge in [-0.05, 0) is 42.7 Å². The van der Waals surface area contributed by atoms with Gasteiger partial charge in [-0.25, -0.2) is 0 Å². The quantitative estimate of drug-likeness (QED) is 0.797. The summed E-state index contributed by atoms with van der Waals surface area (Å²) < 4.78 is 0. The molecule has 2 rings (SSSR count). The van der Waals surface area contributed by atoms with Gasteiger partial charge in [-0.1, -0.05) is 37.3 Å². The first-order valence-electron chi connectivity index (χ1n) is 6.21. The highest BCUT2D eigenvalue weighted by Crippen LogP contribution is 2.51. The van der Waals surface area contributed by atoms with E-state index < -0.39 is 0 Å². The lowest BCUT2D eigenvalue weighted by molar-refractivity contribution is 0.0861. The van der Waals surface area contributed by atoms with Gasteiger partial charge in [-0.2, -0.15) is 0 Å². The fourth-order valence-corrected chi connectivity index (χ4v) is 2.57. The van der Waals surface area contributed by atoms with Crippen molar-refractivity contribution in [3.05, 3.63) is 35.9 Å². The van der Waals surface area contributed by atoms with Crippen LogP contribution in [0.1, 0.15) is 31.2 Å². The molecule has 3 N–H and O–H groups in total. The minimum absolute atomic E-state index is 0.222. The van der Waals surface area contributed by atoms with Crippen LogP contribution in [0.3, 0.4) is 0 Å². The van der Waals surface area contributed by atoms with Crippen LogP contribution in [0.4, 0.5) is 0 Å². The molecule has 1 aliphatic rings. The molecule has 2 heteroatoms. The number of aliphatic hydroxyl groups is 1. The maximum atomic E-state index is 10.2. The predicted octanol–water partition coefficient (Wildman–Crippen LogP) is 2.14. The van der Waals surface area contributed by atoms with E-state index in [1.807, 2.05) is 6.07 Å². The van der Waals surface area contributed by atoms with E-state index in [2.05, 4.69) is 31.2 Å². The zero-order chi connectivity index (χ0) is 11.5. The van der Waals surface area contributed by atoms with Crippen LogP contribution in [-0.2, 0) is 0 Å². The Kier molecular flexibility index (Phi) is 3.62. The average molecular weight is 219 g/mol. The van der Waals surface area contributed by atoms with Crippen molar-refractivity contribution in [2.24, 2.45) is 17.6 Å². The summed E-state index contributed by atoms with van der Waals surface area (Å²) in [7, 11) is 0. The summed E-state index contributed by atoms with van der Waals surface area (Å²) in [6.07, 6.45) is 1.86. The van der Waals surface area contributed by atoms with E-state index in [0.29, 0.717) is 18.4 Å². The molecule has 0 spiro atoms. The van der Waals surface area contributed by atoms with Gasteiger partial charge in [-0.15, -0.1) is 0 Å². The Morgan fingerprint density at radius 3 is 2.62 bits per heavy atom. The standard InChI is InChI=1S/C14H21NO/c1-2-10(9-15)14(16)13-8-12(13)11-6-4-3-5-7-11/h3-7,10,12-14,16H,2,8-9,15H2,1H3. The Morgan fingerprint density at radius 1 is 1.38 bits per heavy atom. The fourth-order valence-electron chi connectivity index (χ4n) is 2.57. The van der Waals surface area contributed by atoms with Crippen LogP contribution >= 0.6 is 0 Å². The zero-order valence-corrected chi connectivity index (χ0v) is 9.84. The molecule has 16 heavy (non-hydrogen) atoms. The number of aliphatic hydroxyl groups excluding tert-OH is 1. The third-order valence-electron chi connectivity index (χ3n) is 3.82. The van der Waals surface area contributed by atoms with Gasteiger partial charge in [0.1, 0.15) is 0 Å². The molecule has 0 radical (unpaired) electrons. The van der Waals surface area contributed by atoms with Crippen LogP contribution in [0.15, 0.2) is 30.3 Å². The van der Waals surface area contributed by atoms with Crippen LogP contribution in [0.5, 0.6) is 0 Å². The highest BCUT2D eigenvalue weighted by molar-refractivity contribution is 5.26. The van der Waals surface area contributed by atoms with Gasteiger partial charge in [0.25, 0.3) is 0 Å². The molecule has 88 valence electrons. The van der Waals surface area contributed by atoms with Gasteiger partial charge < -0.3 is 10.8 Å². The molecule has 0 bridgehead atoms. The predicted molar refractivity (Wildman–Crippen MR) is 66.1 cm³/mol. The van der Waals surface area contributed by atoms with Crippen molar-refractivity contribution in [2.75, 3.05) is 6.54 Å². The molecule has 0 saturated heterocycles. The largest absolute Gasteiger partial charge is 0.392 e. The third-order valence-corrected chi connectivity index (χ3v) is 3.82. The van der Waals surface area contributed by atoms with E-state index in [1.165, 1.54) is 5.56 Å². The van der Waals surface area contributed by atoms with Gasteiger partial charge in [0, 0.05) is 0 Å². The van der Waals surface area contributed by atoms with Crippen molar-refractivity contribution in [3.63, 3.8) is 0 Å². The van der Waals surface area contributed by atoms with E-state index in [0.717, 1.165) is 12.8 Å². The van der Waals surface area contributed by atoms with Crippen molar-refractivity contribution < 1.29 is 5.11 Å². The molecule has 2 nitrogen and oxygen atoms in total. The Labute approximate surface area is 97.5 Å². The highest BCUT2D eigenvalue weighted by Gasteiger charge is 2.45. The minimum Gasteiger partial charge on any atom is -0.392 e. The molecule has 1 aromatic carbocycles. The number of nitrogens with two attached hydrogens (primary N) is 1. The van der Waals surface area contributed by atoms with Crippen LogP contribution in [0.25, 0.3) is 0 Å². The van der Waals surface area contributed by atoms with Crippen LogP contribution in [-0.4, -0.2) is 17.8 Å². The second kappa shape index (κ2) is 4.98.